The first-order valence-corrected chi connectivity index (χ1v) is 10.6. The topological polar surface area (TPSA) is 76.4 Å². The van der Waals surface area contributed by atoms with Gasteiger partial charge >= 0.3 is 0 Å². The number of aryl methyl sites for hydroxylation is 1. The standard InChI is InChI=1S/C19H30N6OS.HI/c1-5-26-17-10-7-6-9-16(17)13-21-19(20-11-8-12-27-4)22-14-18-24-23-15(2)25(18)3;/h6-7,9-10H,5,8,11-14H2,1-4H3,(H2,20,21,22);1H. The maximum absolute atomic E-state index is 5.70. The molecule has 9 heteroatoms. The number of hydrogen-bond acceptors (Lipinski definition) is 5. The summed E-state index contributed by atoms with van der Waals surface area (Å²) >= 11 is 1.85. The second kappa shape index (κ2) is 13.6. The van der Waals surface area contributed by atoms with Gasteiger partial charge in [-0.1, -0.05) is 18.2 Å². The van der Waals surface area contributed by atoms with Crippen molar-refractivity contribution in [2.45, 2.75) is 33.4 Å². The van der Waals surface area contributed by atoms with Gasteiger partial charge in [-0.3, -0.25) is 0 Å². The number of aromatic nitrogens is 3. The van der Waals surface area contributed by atoms with Gasteiger partial charge in [0.05, 0.1) is 19.7 Å². The van der Waals surface area contributed by atoms with E-state index in [0.29, 0.717) is 19.7 Å². The third kappa shape index (κ3) is 7.86. The fourth-order valence-electron chi connectivity index (χ4n) is 2.46. The van der Waals surface area contributed by atoms with Gasteiger partial charge in [0.2, 0.25) is 0 Å². The zero-order chi connectivity index (χ0) is 19.5. The number of guanidine groups is 1. The van der Waals surface area contributed by atoms with E-state index in [1.807, 2.05) is 61.5 Å². The molecule has 0 unspecified atom stereocenters. The van der Waals surface area contributed by atoms with Gasteiger partial charge in [0.15, 0.2) is 11.8 Å². The number of ether oxygens (including phenoxy) is 1. The Morgan fingerprint density at radius 3 is 2.71 bits per heavy atom. The molecule has 2 rings (SSSR count). The van der Waals surface area contributed by atoms with Crippen LogP contribution in [0.1, 0.15) is 30.6 Å². The lowest BCUT2D eigenvalue weighted by atomic mass is 10.2. The van der Waals surface area contributed by atoms with Gasteiger partial charge < -0.3 is 19.9 Å². The van der Waals surface area contributed by atoms with Crippen LogP contribution in [0.5, 0.6) is 5.75 Å². The van der Waals surface area contributed by atoms with Gasteiger partial charge in [-0.15, -0.1) is 34.2 Å². The molecule has 2 N–H and O–H groups in total. The average Bonchev–Trinajstić information content (AvgIpc) is 3.00. The molecule has 0 fully saturated rings. The van der Waals surface area contributed by atoms with Crippen LogP contribution in [0.15, 0.2) is 29.3 Å². The maximum atomic E-state index is 5.70. The third-order valence-corrected chi connectivity index (χ3v) is 4.79. The second-order valence-electron chi connectivity index (χ2n) is 6.05. The van der Waals surface area contributed by atoms with Crippen LogP contribution in [-0.4, -0.2) is 45.9 Å². The molecule has 0 atom stereocenters. The Morgan fingerprint density at radius 1 is 1.25 bits per heavy atom. The fourth-order valence-corrected chi connectivity index (χ4v) is 2.89. The molecule has 0 radical (unpaired) electrons. The van der Waals surface area contributed by atoms with Crippen LogP contribution in [0.4, 0.5) is 0 Å². The summed E-state index contributed by atoms with van der Waals surface area (Å²) in [5.41, 5.74) is 1.07. The van der Waals surface area contributed by atoms with Crippen molar-refractivity contribution in [1.82, 2.24) is 25.4 Å². The van der Waals surface area contributed by atoms with Crippen molar-refractivity contribution in [2.24, 2.45) is 12.0 Å². The van der Waals surface area contributed by atoms with Crippen LogP contribution in [0, 0.1) is 6.92 Å². The highest BCUT2D eigenvalue weighted by atomic mass is 127. The number of benzene rings is 1. The Hall–Kier alpha value is -1.49. The molecule has 0 saturated heterocycles. The maximum Gasteiger partial charge on any atom is 0.191 e. The summed E-state index contributed by atoms with van der Waals surface area (Å²) < 4.78 is 7.67. The van der Waals surface area contributed by atoms with Crippen molar-refractivity contribution in [3.63, 3.8) is 0 Å². The minimum atomic E-state index is 0. The number of halogens is 1. The number of nitrogens with one attached hydrogen (secondary N) is 2. The highest BCUT2D eigenvalue weighted by molar-refractivity contribution is 14.0. The highest BCUT2D eigenvalue weighted by Crippen LogP contribution is 2.18. The van der Waals surface area contributed by atoms with Crippen molar-refractivity contribution < 1.29 is 4.74 Å². The zero-order valence-electron chi connectivity index (χ0n) is 17.1. The van der Waals surface area contributed by atoms with Crippen LogP contribution in [-0.2, 0) is 20.1 Å². The van der Waals surface area contributed by atoms with Gasteiger partial charge in [-0.05, 0) is 38.3 Å². The van der Waals surface area contributed by atoms with E-state index in [1.165, 1.54) is 0 Å². The molecule has 0 aliphatic heterocycles. The normalized spacial score (nSPS) is 11.1. The van der Waals surface area contributed by atoms with E-state index in [2.05, 4.69) is 27.1 Å². The van der Waals surface area contributed by atoms with Crippen LogP contribution >= 0.6 is 35.7 Å². The fraction of sp³-hybridized carbons (Fsp3) is 0.526. The smallest absolute Gasteiger partial charge is 0.191 e. The predicted octanol–water partition coefficient (Wildman–Crippen LogP) is 3.13. The molecule has 0 amide bonds. The van der Waals surface area contributed by atoms with E-state index in [0.717, 1.165) is 47.6 Å². The first-order valence-electron chi connectivity index (χ1n) is 9.22. The van der Waals surface area contributed by atoms with E-state index in [1.54, 1.807) is 0 Å². The quantitative estimate of drug-likeness (QED) is 0.218. The number of nitrogens with zero attached hydrogens (tertiary/aromatic N) is 4. The summed E-state index contributed by atoms with van der Waals surface area (Å²) in [6.45, 7) is 6.56. The molecule has 0 saturated carbocycles. The molecule has 156 valence electrons. The van der Waals surface area contributed by atoms with Crippen LogP contribution in [0.3, 0.4) is 0 Å². The number of thioether (sulfide) groups is 1. The van der Waals surface area contributed by atoms with Gasteiger partial charge in [0.25, 0.3) is 0 Å². The molecule has 1 aromatic heterocycles. The summed E-state index contributed by atoms with van der Waals surface area (Å²) in [4.78, 5) is 4.74. The highest BCUT2D eigenvalue weighted by Gasteiger charge is 2.07. The third-order valence-electron chi connectivity index (χ3n) is 4.09. The first-order chi connectivity index (χ1) is 13.2. The molecular weight excluding hydrogens is 487 g/mol. The molecule has 0 bridgehead atoms. The number of rotatable bonds is 10. The molecule has 0 aliphatic rings. The van der Waals surface area contributed by atoms with E-state index < -0.39 is 0 Å². The molecule has 1 aromatic carbocycles. The summed E-state index contributed by atoms with van der Waals surface area (Å²) in [5.74, 6) is 4.54. The number of hydrogen-bond donors (Lipinski definition) is 2. The van der Waals surface area contributed by atoms with E-state index in [4.69, 9.17) is 9.73 Å². The first kappa shape index (κ1) is 24.5. The molecule has 0 aliphatic carbocycles. The Kier molecular flexibility index (Phi) is 12.0. The Labute approximate surface area is 189 Å². The molecule has 7 nitrogen and oxygen atoms in total. The van der Waals surface area contributed by atoms with Crippen molar-refractivity contribution in [2.75, 3.05) is 25.2 Å². The lowest BCUT2D eigenvalue weighted by molar-refractivity contribution is 0.336. The zero-order valence-corrected chi connectivity index (χ0v) is 20.2. The number of para-hydroxylation sites is 1. The molecule has 1 heterocycles. The van der Waals surface area contributed by atoms with Crippen LogP contribution < -0.4 is 15.4 Å². The van der Waals surface area contributed by atoms with Crippen LogP contribution in [0.2, 0.25) is 0 Å². The minimum absolute atomic E-state index is 0. The lowest BCUT2D eigenvalue weighted by Gasteiger charge is -2.13. The SMILES string of the molecule is CCOc1ccccc1CN=C(NCCCSC)NCc1nnc(C)n1C.I. The van der Waals surface area contributed by atoms with Gasteiger partial charge in [0, 0.05) is 19.2 Å². The van der Waals surface area contributed by atoms with Crippen molar-refractivity contribution in [3.8, 4) is 5.75 Å². The van der Waals surface area contributed by atoms with Gasteiger partial charge in [-0.2, -0.15) is 11.8 Å². The molecule has 2 aromatic rings. The number of aliphatic imine (C=N–C) groups is 1. The summed E-state index contributed by atoms with van der Waals surface area (Å²) in [7, 11) is 1.97. The summed E-state index contributed by atoms with van der Waals surface area (Å²) in [5, 5.41) is 15.1. The molecular formula is C19H31IN6OS. The molecule has 28 heavy (non-hydrogen) atoms. The van der Waals surface area contributed by atoms with Crippen molar-refractivity contribution in [3.05, 3.63) is 41.5 Å². The molecule has 0 spiro atoms. The Morgan fingerprint density at radius 2 is 2.04 bits per heavy atom. The lowest BCUT2D eigenvalue weighted by Crippen LogP contribution is -2.38. The minimum Gasteiger partial charge on any atom is -0.494 e. The Balaban J connectivity index is 0.00000392. The second-order valence-corrected chi connectivity index (χ2v) is 7.04. The predicted molar refractivity (Wildman–Crippen MR) is 128 cm³/mol. The summed E-state index contributed by atoms with van der Waals surface area (Å²) in [6.07, 6.45) is 3.20. The summed E-state index contributed by atoms with van der Waals surface area (Å²) in [6, 6.07) is 8.02. The van der Waals surface area contributed by atoms with Crippen molar-refractivity contribution in [1.29, 1.82) is 0 Å². The van der Waals surface area contributed by atoms with E-state index >= 15 is 0 Å². The van der Waals surface area contributed by atoms with Crippen molar-refractivity contribution >= 4 is 41.7 Å². The van der Waals surface area contributed by atoms with Crippen LogP contribution in [0.25, 0.3) is 0 Å². The Bertz CT molecular complexity index is 737. The van der Waals surface area contributed by atoms with Gasteiger partial charge in [-0.25, -0.2) is 4.99 Å². The monoisotopic (exact) mass is 518 g/mol. The van der Waals surface area contributed by atoms with Gasteiger partial charge in [0.1, 0.15) is 11.6 Å². The van der Waals surface area contributed by atoms with E-state index in [-0.39, 0.29) is 24.0 Å². The largest absolute Gasteiger partial charge is 0.494 e. The van der Waals surface area contributed by atoms with E-state index in [9.17, 15) is 0 Å². The average molecular weight is 518 g/mol.